The average Bonchev–Trinajstić information content (AvgIpc) is 2.02. The third-order valence-corrected chi connectivity index (χ3v) is 1.52. The minimum absolute atomic E-state index is 0.175. The Labute approximate surface area is 75.0 Å². The summed E-state index contributed by atoms with van der Waals surface area (Å²) >= 11 is 0. The van der Waals surface area contributed by atoms with Gasteiger partial charge in [0.15, 0.2) is 0 Å². The molecule has 74 valence electrons. The molecule has 12 heavy (non-hydrogen) atoms. The van der Waals surface area contributed by atoms with Crippen LogP contribution in [0.4, 0.5) is 0 Å². The minimum atomic E-state index is 0.175. The molecular formula is C9H20O3. The van der Waals surface area contributed by atoms with E-state index in [9.17, 15) is 0 Å². The first-order valence-corrected chi connectivity index (χ1v) is 4.30. The van der Waals surface area contributed by atoms with Gasteiger partial charge in [-0.2, -0.15) is 0 Å². The SMILES string of the molecule is COCC(C)COC(C)COC. The lowest BCUT2D eigenvalue weighted by molar-refractivity contribution is -0.0154. The first kappa shape index (κ1) is 11.9. The topological polar surface area (TPSA) is 27.7 Å². The van der Waals surface area contributed by atoms with E-state index in [0.29, 0.717) is 12.5 Å². The number of rotatable bonds is 7. The summed E-state index contributed by atoms with van der Waals surface area (Å²) in [6, 6.07) is 0. The molecular weight excluding hydrogens is 156 g/mol. The van der Waals surface area contributed by atoms with Crippen LogP contribution in [0.3, 0.4) is 0 Å². The summed E-state index contributed by atoms with van der Waals surface area (Å²) in [5, 5.41) is 0. The zero-order valence-corrected chi connectivity index (χ0v) is 8.50. The highest BCUT2D eigenvalue weighted by molar-refractivity contribution is 4.52. The fourth-order valence-corrected chi connectivity index (χ4v) is 0.944. The van der Waals surface area contributed by atoms with Gasteiger partial charge in [0, 0.05) is 20.1 Å². The predicted octanol–water partition coefficient (Wildman–Crippen LogP) is 1.32. The van der Waals surface area contributed by atoms with Gasteiger partial charge in [0.05, 0.1) is 25.9 Å². The summed E-state index contributed by atoms with van der Waals surface area (Å²) in [5.74, 6) is 0.453. The van der Waals surface area contributed by atoms with E-state index in [-0.39, 0.29) is 6.10 Å². The molecule has 0 saturated heterocycles. The molecule has 0 spiro atoms. The van der Waals surface area contributed by atoms with E-state index in [1.807, 2.05) is 6.92 Å². The molecule has 0 fully saturated rings. The van der Waals surface area contributed by atoms with Gasteiger partial charge in [0.2, 0.25) is 0 Å². The minimum Gasteiger partial charge on any atom is -0.384 e. The van der Waals surface area contributed by atoms with Crippen LogP contribution in [0.25, 0.3) is 0 Å². The highest BCUT2D eigenvalue weighted by atomic mass is 16.5. The lowest BCUT2D eigenvalue weighted by Crippen LogP contribution is -2.20. The second-order valence-corrected chi connectivity index (χ2v) is 3.16. The van der Waals surface area contributed by atoms with Gasteiger partial charge in [-0.1, -0.05) is 6.92 Å². The van der Waals surface area contributed by atoms with E-state index in [0.717, 1.165) is 13.2 Å². The lowest BCUT2D eigenvalue weighted by Gasteiger charge is -2.15. The summed E-state index contributed by atoms with van der Waals surface area (Å²) in [4.78, 5) is 0. The van der Waals surface area contributed by atoms with Crippen LogP contribution in [0.5, 0.6) is 0 Å². The van der Waals surface area contributed by atoms with Crippen molar-refractivity contribution in [3.05, 3.63) is 0 Å². The monoisotopic (exact) mass is 176 g/mol. The molecule has 2 unspecified atom stereocenters. The summed E-state index contributed by atoms with van der Waals surface area (Å²) in [6.45, 7) is 6.24. The standard InChI is InChI=1S/C9H20O3/c1-8(5-10-3)6-12-9(2)7-11-4/h8-9H,5-7H2,1-4H3. The Kier molecular flexibility index (Phi) is 7.45. The lowest BCUT2D eigenvalue weighted by atomic mass is 10.2. The Hall–Kier alpha value is -0.120. The van der Waals surface area contributed by atoms with Gasteiger partial charge in [0.1, 0.15) is 0 Å². The van der Waals surface area contributed by atoms with Crippen LogP contribution in [-0.4, -0.2) is 40.1 Å². The average molecular weight is 176 g/mol. The van der Waals surface area contributed by atoms with Crippen molar-refractivity contribution in [2.45, 2.75) is 20.0 Å². The molecule has 0 N–H and O–H groups in total. The van der Waals surface area contributed by atoms with Gasteiger partial charge in [-0.15, -0.1) is 0 Å². The van der Waals surface area contributed by atoms with E-state index in [2.05, 4.69) is 6.92 Å². The number of methoxy groups -OCH3 is 2. The smallest absolute Gasteiger partial charge is 0.0780 e. The van der Waals surface area contributed by atoms with Crippen molar-refractivity contribution < 1.29 is 14.2 Å². The fraction of sp³-hybridized carbons (Fsp3) is 1.00. The molecule has 2 atom stereocenters. The molecule has 0 aliphatic heterocycles. The molecule has 0 saturated carbocycles. The highest BCUT2D eigenvalue weighted by Gasteiger charge is 2.05. The van der Waals surface area contributed by atoms with Crippen LogP contribution >= 0.6 is 0 Å². The first-order chi connectivity index (χ1) is 5.70. The first-order valence-electron chi connectivity index (χ1n) is 4.30. The van der Waals surface area contributed by atoms with Crippen molar-refractivity contribution in [3.63, 3.8) is 0 Å². The van der Waals surface area contributed by atoms with E-state index in [1.165, 1.54) is 0 Å². The maximum absolute atomic E-state index is 5.49. The number of hydrogen-bond acceptors (Lipinski definition) is 3. The summed E-state index contributed by atoms with van der Waals surface area (Å²) in [6.07, 6.45) is 0.175. The van der Waals surface area contributed by atoms with Crippen molar-refractivity contribution >= 4 is 0 Å². The molecule has 0 bridgehead atoms. The quantitative estimate of drug-likeness (QED) is 0.585. The van der Waals surface area contributed by atoms with Crippen molar-refractivity contribution in [2.75, 3.05) is 34.0 Å². The van der Waals surface area contributed by atoms with Crippen molar-refractivity contribution in [1.29, 1.82) is 0 Å². The van der Waals surface area contributed by atoms with Crippen molar-refractivity contribution in [3.8, 4) is 0 Å². The second kappa shape index (κ2) is 7.53. The Bertz CT molecular complexity index is 83.8. The van der Waals surface area contributed by atoms with Gasteiger partial charge in [-0.05, 0) is 6.92 Å². The zero-order chi connectivity index (χ0) is 9.40. The van der Waals surface area contributed by atoms with Crippen LogP contribution in [0.15, 0.2) is 0 Å². The van der Waals surface area contributed by atoms with Crippen LogP contribution < -0.4 is 0 Å². The molecule has 0 aliphatic carbocycles. The van der Waals surface area contributed by atoms with E-state index in [1.54, 1.807) is 14.2 Å². The molecule has 0 radical (unpaired) electrons. The largest absolute Gasteiger partial charge is 0.384 e. The van der Waals surface area contributed by atoms with Crippen molar-refractivity contribution in [1.82, 2.24) is 0 Å². The molecule has 0 aliphatic rings. The van der Waals surface area contributed by atoms with E-state index in [4.69, 9.17) is 14.2 Å². The van der Waals surface area contributed by atoms with Crippen LogP contribution in [-0.2, 0) is 14.2 Å². The predicted molar refractivity (Wildman–Crippen MR) is 48.3 cm³/mol. The summed E-state index contributed by atoms with van der Waals surface area (Å²) in [5.41, 5.74) is 0. The Balaban J connectivity index is 3.27. The molecule has 0 aromatic carbocycles. The maximum Gasteiger partial charge on any atom is 0.0780 e. The molecule has 0 amide bonds. The van der Waals surface area contributed by atoms with Crippen LogP contribution in [0, 0.1) is 5.92 Å². The van der Waals surface area contributed by atoms with Gasteiger partial charge < -0.3 is 14.2 Å². The van der Waals surface area contributed by atoms with Crippen molar-refractivity contribution in [2.24, 2.45) is 5.92 Å². The highest BCUT2D eigenvalue weighted by Crippen LogP contribution is 1.99. The molecule has 0 rings (SSSR count). The summed E-state index contributed by atoms with van der Waals surface area (Å²) < 4.78 is 15.4. The Morgan fingerprint density at radius 3 is 2.00 bits per heavy atom. The molecule has 0 aromatic rings. The normalized spacial score (nSPS) is 16.0. The van der Waals surface area contributed by atoms with E-state index < -0.39 is 0 Å². The van der Waals surface area contributed by atoms with Gasteiger partial charge in [-0.3, -0.25) is 0 Å². The van der Waals surface area contributed by atoms with E-state index >= 15 is 0 Å². The third kappa shape index (κ3) is 6.58. The summed E-state index contributed by atoms with van der Waals surface area (Å²) in [7, 11) is 3.38. The van der Waals surface area contributed by atoms with Gasteiger partial charge in [-0.25, -0.2) is 0 Å². The second-order valence-electron chi connectivity index (χ2n) is 3.16. The third-order valence-electron chi connectivity index (χ3n) is 1.52. The number of hydrogen-bond donors (Lipinski definition) is 0. The van der Waals surface area contributed by atoms with Crippen LogP contribution in [0.2, 0.25) is 0 Å². The Morgan fingerprint density at radius 1 is 0.917 bits per heavy atom. The maximum atomic E-state index is 5.49. The molecule has 0 heterocycles. The molecule has 0 aromatic heterocycles. The Morgan fingerprint density at radius 2 is 1.50 bits per heavy atom. The zero-order valence-electron chi connectivity index (χ0n) is 8.50. The molecule has 3 heteroatoms. The number of ether oxygens (including phenoxy) is 3. The van der Waals surface area contributed by atoms with Gasteiger partial charge >= 0.3 is 0 Å². The van der Waals surface area contributed by atoms with Gasteiger partial charge in [0.25, 0.3) is 0 Å². The van der Waals surface area contributed by atoms with Crippen LogP contribution in [0.1, 0.15) is 13.8 Å². The molecule has 3 nitrogen and oxygen atoms in total. The fourth-order valence-electron chi connectivity index (χ4n) is 0.944.